The summed E-state index contributed by atoms with van der Waals surface area (Å²) in [5.41, 5.74) is 6.83. The fourth-order valence-corrected chi connectivity index (χ4v) is 1.19. The van der Waals surface area contributed by atoms with Gasteiger partial charge in [0.15, 0.2) is 0 Å². The fourth-order valence-electron chi connectivity index (χ4n) is 1.19. The lowest BCUT2D eigenvalue weighted by Crippen LogP contribution is -2.14. The molecule has 1 aromatic rings. The van der Waals surface area contributed by atoms with E-state index in [1.54, 1.807) is 6.07 Å². The van der Waals surface area contributed by atoms with Crippen LogP contribution in [0.15, 0.2) is 18.2 Å². The SMILES string of the molecule is CC(C)Nc1c(F)cccc1CN. The van der Waals surface area contributed by atoms with Gasteiger partial charge in [-0.25, -0.2) is 4.39 Å². The molecule has 0 atom stereocenters. The summed E-state index contributed by atoms with van der Waals surface area (Å²) in [7, 11) is 0. The highest BCUT2D eigenvalue weighted by Gasteiger charge is 2.07. The lowest BCUT2D eigenvalue weighted by atomic mass is 10.1. The Morgan fingerprint density at radius 2 is 2.15 bits per heavy atom. The third-order valence-corrected chi connectivity index (χ3v) is 1.75. The van der Waals surface area contributed by atoms with E-state index >= 15 is 0 Å². The zero-order valence-corrected chi connectivity index (χ0v) is 7.97. The number of benzene rings is 1. The van der Waals surface area contributed by atoms with Gasteiger partial charge in [0.25, 0.3) is 0 Å². The summed E-state index contributed by atoms with van der Waals surface area (Å²) in [5, 5.41) is 3.04. The Balaban J connectivity index is 3.00. The van der Waals surface area contributed by atoms with Crippen molar-refractivity contribution in [2.45, 2.75) is 26.4 Å². The Hall–Kier alpha value is -1.09. The van der Waals surface area contributed by atoms with Crippen LogP contribution in [-0.2, 0) is 6.54 Å². The average molecular weight is 182 g/mol. The zero-order valence-electron chi connectivity index (χ0n) is 7.97. The predicted molar refractivity (Wildman–Crippen MR) is 53.1 cm³/mol. The maximum atomic E-state index is 13.3. The van der Waals surface area contributed by atoms with Gasteiger partial charge in [0.05, 0.1) is 5.69 Å². The summed E-state index contributed by atoms with van der Waals surface area (Å²) in [6, 6.07) is 5.14. The minimum Gasteiger partial charge on any atom is -0.380 e. The van der Waals surface area contributed by atoms with E-state index < -0.39 is 0 Å². The second-order valence-corrected chi connectivity index (χ2v) is 3.28. The Morgan fingerprint density at radius 3 is 2.69 bits per heavy atom. The Bertz CT molecular complexity index is 284. The van der Waals surface area contributed by atoms with Gasteiger partial charge in [-0.3, -0.25) is 0 Å². The first-order valence-electron chi connectivity index (χ1n) is 4.39. The third kappa shape index (κ3) is 2.42. The van der Waals surface area contributed by atoms with Crippen LogP contribution >= 0.6 is 0 Å². The molecule has 1 aromatic carbocycles. The largest absolute Gasteiger partial charge is 0.380 e. The molecule has 0 aromatic heterocycles. The van der Waals surface area contributed by atoms with E-state index in [0.717, 1.165) is 5.56 Å². The predicted octanol–water partition coefficient (Wildman–Crippen LogP) is 2.10. The Morgan fingerprint density at radius 1 is 1.46 bits per heavy atom. The summed E-state index contributed by atoms with van der Waals surface area (Å²) >= 11 is 0. The topological polar surface area (TPSA) is 38.0 Å². The average Bonchev–Trinajstić information content (AvgIpc) is 2.08. The molecule has 3 N–H and O–H groups in total. The van der Waals surface area contributed by atoms with Gasteiger partial charge in [0, 0.05) is 12.6 Å². The minimum absolute atomic E-state index is 0.210. The molecule has 0 saturated carbocycles. The van der Waals surface area contributed by atoms with E-state index in [2.05, 4.69) is 5.32 Å². The van der Waals surface area contributed by atoms with Crippen molar-refractivity contribution in [2.24, 2.45) is 5.73 Å². The normalized spacial score (nSPS) is 10.5. The van der Waals surface area contributed by atoms with Crippen molar-refractivity contribution in [3.8, 4) is 0 Å². The molecule has 72 valence electrons. The lowest BCUT2D eigenvalue weighted by molar-refractivity contribution is 0.625. The van der Waals surface area contributed by atoms with Crippen molar-refractivity contribution >= 4 is 5.69 Å². The quantitative estimate of drug-likeness (QED) is 0.751. The first-order valence-corrected chi connectivity index (χ1v) is 4.39. The van der Waals surface area contributed by atoms with Crippen molar-refractivity contribution < 1.29 is 4.39 Å². The molecule has 1 rings (SSSR count). The van der Waals surface area contributed by atoms with Crippen LogP contribution in [-0.4, -0.2) is 6.04 Å². The molecule has 0 fully saturated rings. The summed E-state index contributed by atoms with van der Waals surface area (Å²) in [4.78, 5) is 0. The van der Waals surface area contributed by atoms with Gasteiger partial charge in [-0.05, 0) is 25.5 Å². The van der Waals surface area contributed by atoms with Crippen molar-refractivity contribution in [1.82, 2.24) is 0 Å². The number of nitrogens with two attached hydrogens (primary N) is 1. The van der Waals surface area contributed by atoms with Gasteiger partial charge in [-0.15, -0.1) is 0 Å². The second-order valence-electron chi connectivity index (χ2n) is 3.28. The number of rotatable bonds is 3. The molecule has 0 aliphatic carbocycles. The van der Waals surface area contributed by atoms with Crippen LogP contribution in [0.1, 0.15) is 19.4 Å². The highest BCUT2D eigenvalue weighted by atomic mass is 19.1. The maximum Gasteiger partial charge on any atom is 0.146 e. The van der Waals surface area contributed by atoms with Crippen molar-refractivity contribution in [2.75, 3.05) is 5.32 Å². The Labute approximate surface area is 77.9 Å². The molecule has 0 aliphatic heterocycles. The van der Waals surface area contributed by atoms with E-state index in [0.29, 0.717) is 12.2 Å². The van der Waals surface area contributed by atoms with Crippen LogP contribution < -0.4 is 11.1 Å². The summed E-state index contributed by atoms with van der Waals surface area (Å²) in [6.07, 6.45) is 0. The number of hydrogen-bond acceptors (Lipinski definition) is 2. The molecule has 0 bridgehead atoms. The van der Waals surface area contributed by atoms with Gasteiger partial charge in [-0.2, -0.15) is 0 Å². The number of halogens is 1. The number of anilines is 1. The molecule has 0 aliphatic rings. The summed E-state index contributed by atoms with van der Waals surface area (Å²) in [5.74, 6) is -0.239. The highest BCUT2D eigenvalue weighted by molar-refractivity contribution is 5.52. The molecule has 0 radical (unpaired) electrons. The lowest BCUT2D eigenvalue weighted by Gasteiger charge is -2.14. The highest BCUT2D eigenvalue weighted by Crippen LogP contribution is 2.19. The van der Waals surface area contributed by atoms with Crippen LogP contribution in [0.5, 0.6) is 0 Å². The number of hydrogen-bond donors (Lipinski definition) is 2. The molecule has 0 saturated heterocycles. The van der Waals surface area contributed by atoms with Crippen molar-refractivity contribution in [3.05, 3.63) is 29.6 Å². The van der Waals surface area contributed by atoms with Crippen LogP contribution in [0.4, 0.5) is 10.1 Å². The number of nitrogens with one attached hydrogen (secondary N) is 1. The zero-order chi connectivity index (χ0) is 9.84. The van der Waals surface area contributed by atoms with E-state index in [1.807, 2.05) is 19.9 Å². The second kappa shape index (κ2) is 4.23. The summed E-state index contributed by atoms with van der Waals surface area (Å²) in [6.45, 7) is 4.28. The van der Waals surface area contributed by atoms with Gasteiger partial charge < -0.3 is 11.1 Å². The standard InChI is InChI=1S/C10H15FN2/c1-7(2)13-10-8(6-12)4-3-5-9(10)11/h3-5,7,13H,6,12H2,1-2H3. The molecule has 13 heavy (non-hydrogen) atoms. The van der Waals surface area contributed by atoms with E-state index in [9.17, 15) is 4.39 Å². The van der Waals surface area contributed by atoms with E-state index in [4.69, 9.17) is 5.73 Å². The van der Waals surface area contributed by atoms with Gasteiger partial charge in [0.1, 0.15) is 5.82 Å². The monoisotopic (exact) mass is 182 g/mol. The van der Waals surface area contributed by atoms with Gasteiger partial charge in [-0.1, -0.05) is 12.1 Å². The van der Waals surface area contributed by atoms with Crippen LogP contribution in [0.3, 0.4) is 0 Å². The smallest absolute Gasteiger partial charge is 0.146 e. The molecule has 0 unspecified atom stereocenters. The molecule has 0 heterocycles. The van der Waals surface area contributed by atoms with Crippen LogP contribution in [0, 0.1) is 5.82 Å². The maximum absolute atomic E-state index is 13.3. The molecule has 2 nitrogen and oxygen atoms in total. The molecular weight excluding hydrogens is 167 g/mol. The van der Waals surface area contributed by atoms with Gasteiger partial charge in [0.2, 0.25) is 0 Å². The molecule has 3 heteroatoms. The third-order valence-electron chi connectivity index (χ3n) is 1.75. The first-order chi connectivity index (χ1) is 6.15. The van der Waals surface area contributed by atoms with E-state index in [-0.39, 0.29) is 11.9 Å². The fraction of sp³-hybridized carbons (Fsp3) is 0.400. The summed E-state index contributed by atoms with van der Waals surface area (Å²) < 4.78 is 13.3. The first kappa shape index (κ1) is 9.99. The van der Waals surface area contributed by atoms with Crippen molar-refractivity contribution in [3.63, 3.8) is 0 Å². The Kier molecular flexibility index (Phi) is 3.25. The molecular formula is C10H15FN2. The number of para-hydroxylation sites is 1. The van der Waals surface area contributed by atoms with E-state index in [1.165, 1.54) is 6.07 Å². The van der Waals surface area contributed by atoms with Crippen LogP contribution in [0.2, 0.25) is 0 Å². The van der Waals surface area contributed by atoms with Gasteiger partial charge >= 0.3 is 0 Å². The molecule has 0 amide bonds. The van der Waals surface area contributed by atoms with Crippen molar-refractivity contribution in [1.29, 1.82) is 0 Å². The molecule has 0 spiro atoms. The minimum atomic E-state index is -0.239. The van der Waals surface area contributed by atoms with Crippen LogP contribution in [0.25, 0.3) is 0 Å².